The Hall–Kier alpha value is -1.88. The van der Waals surface area contributed by atoms with E-state index in [1.807, 2.05) is 24.3 Å². The predicted molar refractivity (Wildman–Crippen MR) is 85.7 cm³/mol. The molecule has 2 saturated heterocycles. The van der Waals surface area contributed by atoms with E-state index in [2.05, 4.69) is 21.7 Å². The van der Waals surface area contributed by atoms with Crippen LogP contribution in [0, 0.1) is 0 Å². The number of para-hydroxylation sites is 1. The molecule has 3 atom stereocenters. The maximum Gasteiger partial charge on any atom is 0.269 e. The maximum atomic E-state index is 11.7. The van der Waals surface area contributed by atoms with Gasteiger partial charge in [0, 0.05) is 17.5 Å². The lowest BCUT2D eigenvalue weighted by atomic mass is 9.82. The molecule has 1 aromatic heterocycles. The van der Waals surface area contributed by atoms with Gasteiger partial charge in [0.1, 0.15) is 0 Å². The van der Waals surface area contributed by atoms with E-state index < -0.39 is 5.91 Å². The van der Waals surface area contributed by atoms with Gasteiger partial charge >= 0.3 is 0 Å². The number of piperidine rings is 2. The summed E-state index contributed by atoms with van der Waals surface area (Å²) in [6.07, 6.45) is 6.09. The van der Waals surface area contributed by atoms with E-state index in [4.69, 9.17) is 5.73 Å². The normalized spacial score (nSPS) is 28.9. The topological polar surface area (TPSA) is 64.2 Å². The third-order valence-corrected chi connectivity index (χ3v) is 5.51. The molecule has 2 bridgehead atoms. The molecular weight excluding hydrogens is 276 g/mol. The molecule has 2 aliphatic rings. The van der Waals surface area contributed by atoms with Gasteiger partial charge in [-0.3, -0.25) is 9.48 Å². The molecule has 1 amide bonds. The van der Waals surface area contributed by atoms with Crippen LogP contribution in [-0.2, 0) is 0 Å². The second-order valence-corrected chi connectivity index (χ2v) is 6.70. The molecule has 4 rings (SSSR count). The van der Waals surface area contributed by atoms with Gasteiger partial charge < -0.3 is 10.6 Å². The number of aromatic nitrogens is 2. The highest BCUT2D eigenvalue weighted by molar-refractivity contribution is 6.04. The summed E-state index contributed by atoms with van der Waals surface area (Å²) in [7, 11) is 2.25. The summed E-state index contributed by atoms with van der Waals surface area (Å²) in [5, 5.41) is 5.46. The van der Waals surface area contributed by atoms with Crippen molar-refractivity contribution in [2.45, 2.75) is 50.2 Å². The van der Waals surface area contributed by atoms with Gasteiger partial charge in [0.15, 0.2) is 5.69 Å². The van der Waals surface area contributed by atoms with Gasteiger partial charge in [0.25, 0.3) is 5.91 Å². The number of hydrogen-bond acceptors (Lipinski definition) is 3. The molecule has 2 aromatic rings. The average molecular weight is 298 g/mol. The molecule has 2 unspecified atom stereocenters. The molecule has 5 heteroatoms. The van der Waals surface area contributed by atoms with Crippen molar-refractivity contribution in [2.24, 2.45) is 5.73 Å². The highest BCUT2D eigenvalue weighted by Crippen LogP contribution is 2.39. The standard InChI is InChI=1S/C17H22N4O/c1-20-11-5-4-6-12(20)10-13(9-11)21-15-8-3-2-7-14(15)16(19-21)17(18)22/h2-3,7-8,11-13H,4-6,9-10H2,1H3,(H2,18,22)/t11-,12?,13?/m1/s1. The van der Waals surface area contributed by atoms with Crippen LogP contribution in [0.25, 0.3) is 10.9 Å². The first kappa shape index (κ1) is 13.8. The van der Waals surface area contributed by atoms with E-state index in [9.17, 15) is 4.79 Å². The molecule has 22 heavy (non-hydrogen) atoms. The van der Waals surface area contributed by atoms with Crippen molar-refractivity contribution < 1.29 is 4.79 Å². The number of carbonyl (C=O) groups is 1. The Morgan fingerprint density at radius 1 is 1.18 bits per heavy atom. The van der Waals surface area contributed by atoms with Crippen LogP contribution in [0.2, 0.25) is 0 Å². The smallest absolute Gasteiger partial charge is 0.269 e. The van der Waals surface area contributed by atoms with Gasteiger partial charge in [-0.05, 0) is 38.8 Å². The fourth-order valence-corrected chi connectivity index (χ4v) is 4.34. The first-order chi connectivity index (χ1) is 10.6. The van der Waals surface area contributed by atoms with Gasteiger partial charge in [-0.1, -0.05) is 24.6 Å². The largest absolute Gasteiger partial charge is 0.364 e. The summed E-state index contributed by atoms with van der Waals surface area (Å²) in [5.74, 6) is -0.442. The minimum atomic E-state index is -0.442. The maximum absolute atomic E-state index is 11.7. The lowest BCUT2D eigenvalue weighted by Crippen LogP contribution is -2.50. The molecule has 2 N–H and O–H groups in total. The molecule has 0 saturated carbocycles. The molecule has 0 radical (unpaired) electrons. The number of nitrogens with two attached hydrogens (primary N) is 1. The summed E-state index contributed by atoms with van der Waals surface area (Å²) in [5.41, 5.74) is 6.95. The number of carbonyl (C=O) groups excluding carboxylic acids is 1. The third-order valence-electron chi connectivity index (χ3n) is 5.51. The summed E-state index contributed by atoms with van der Waals surface area (Å²) in [4.78, 5) is 14.2. The van der Waals surface area contributed by atoms with Crippen molar-refractivity contribution in [2.75, 3.05) is 7.05 Å². The third kappa shape index (κ3) is 2.03. The van der Waals surface area contributed by atoms with Gasteiger partial charge in [0.05, 0.1) is 11.6 Å². The zero-order valence-corrected chi connectivity index (χ0v) is 12.9. The van der Waals surface area contributed by atoms with E-state index in [1.165, 1.54) is 19.3 Å². The van der Waals surface area contributed by atoms with Crippen molar-refractivity contribution in [3.63, 3.8) is 0 Å². The predicted octanol–water partition coefficient (Wildman–Crippen LogP) is 2.32. The van der Waals surface area contributed by atoms with E-state index in [1.54, 1.807) is 0 Å². The molecule has 0 spiro atoms. The zero-order chi connectivity index (χ0) is 15.3. The van der Waals surface area contributed by atoms with Gasteiger partial charge in [-0.25, -0.2) is 0 Å². The minimum Gasteiger partial charge on any atom is -0.364 e. The molecule has 2 aliphatic heterocycles. The summed E-state index contributed by atoms with van der Waals surface area (Å²) in [6.45, 7) is 0. The number of nitrogens with zero attached hydrogens (tertiary/aromatic N) is 3. The van der Waals surface area contributed by atoms with Crippen molar-refractivity contribution >= 4 is 16.8 Å². The lowest BCUT2D eigenvalue weighted by molar-refractivity contribution is 0.0379. The molecule has 2 fully saturated rings. The average Bonchev–Trinajstić information content (AvgIpc) is 2.87. The quantitative estimate of drug-likeness (QED) is 0.925. The van der Waals surface area contributed by atoms with Crippen molar-refractivity contribution in [1.29, 1.82) is 0 Å². The number of fused-ring (bicyclic) bond motifs is 3. The number of hydrogen-bond donors (Lipinski definition) is 1. The SMILES string of the molecule is CN1C2CCC[C@@H]1CC(n1nc(C(N)=O)c3ccccc31)C2. The monoisotopic (exact) mass is 298 g/mol. The van der Waals surface area contributed by atoms with Crippen LogP contribution in [0.5, 0.6) is 0 Å². The zero-order valence-electron chi connectivity index (χ0n) is 12.9. The van der Waals surface area contributed by atoms with Crippen LogP contribution >= 0.6 is 0 Å². The molecule has 3 heterocycles. The number of benzene rings is 1. The molecular formula is C17H22N4O. The van der Waals surface area contributed by atoms with Gasteiger partial charge in [-0.2, -0.15) is 5.10 Å². The summed E-state index contributed by atoms with van der Waals surface area (Å²) >= 11 is 0. The highest BCUT2D eigenvalue weighted by atomic mass is 16.1. The Bertz CT molecular complexity index is 709. The first-order valence-electron chi connectivity index (χ1n) is 8.14. The highest BCUT2D eigenvalue weighted by Gasteiger charge is 2.37. The Kier molecular flexibility index (Phi) is 3.18. The molecule has 1 aromatic carbocycles. The van der Waals surface area contributed by atoms with E-state index in [-0.39, 0.29) is 0 Å². The molecule has 0 aliphatic carbocycles. The Labute approximate surface area is 130 Å². The van der Waals surface area contributed by atoms with Crippen LogP contribution in [0.4, 0.5) is 0 Å². The van der Waals surface area contributed by atoms with Crippen molar-refractivity contribution in [3.05, 3.63) is 30.0 Å². The Morgan fingerprint density at radius 2 is 1.86 bits per heavy atom. The number of amides is 1. The van der Waals surface area contributed by atoms with Crippen LogP contribution in [-0.4, -0.2) is 39.7 Å². The summed E-state index contributed by atoms with van der Waals surface area (Å²) < 4.78 is 2.06. The fourth-order valence-electron chi connectivity index (χ4n) is 4.34. The van der Waals surface area contributed by atoms with Gasteiger partial charge in [-0.15, -0.1) is 0 Å². The fraction of sp³-hybridized carbons (Fsp3) is 0.529. The van der Waals surface area contributed by atoms with Crippen LogP contribution in [0.15, 0.2) is 24.3 Å². The van der Waals surface area contributed by atoms with E-state index in [0.29, 0.717) is 23.8 Å². The van der Waals surface area contributed by atoms with Crippen LogP contribution < -0.4 is 5.73 Å². The summed E-state index contributed by atoms with van der Waals surface area (Å²) in [6, 6.07) is 9.56. The number of rotatable bonds is 2. The lowest BCUT2D eigenvalue weighted by Gasteiger charge is -2.47. The molecule has 5 nitrogen and oxygen atoms in total. The van der Waals surface area contributed by atoms with Crippen molar-refractivity contribution in [3.8, 4) is 0 Å². The second kappa shape index (κ2) is 5.09. The number of primary amides is 1. The first-order valence-corrected chi connectivity index (χ1v) is 8.14. The van der Waals surface area contributed by atoms with E-state index in [0.717, 1.165) is 23.7 Å². The van der Waals surface area contributed by atoms with Crippen LogP contribution in [0.3, 0.4) is 0 Å². The van der Waals surface area contributed by atoms with E-state index >= 15 is 0 Å². The Balaban J connectivity index is 1.77. The van der Waals surface area contributed by atoms with Crippen LogP contribution in [0.1, 0.15) is 48.6 Å². The Morgan fingerprint density at radius 3 is 2.55 bits per heavy atom. The van der Waals surface area contributed by atoms with Gasteiger partial charge in [0.2, 0.25) is 0 Å². The second-order valence-electron chi connectivity index (χ2n) is 6.70. The van der Waals surface area contributed by atoms with Crippen molar-refractivity contribution in [1.82, 2.24) is 14.7 Å². The minimum absolute atomic E-state index is 0.365. The molecule has 116 valence electrons.